The lowest BCUT2D eigenvalue weighted by Crippen LogP contribution is -2.36. The van der Waals surface area contributed by atoms with E-state index >= 15 is 0 Å². The van der Waals surface area contributed by atoms with Gasteiger partial charge in [-0.1, -0.05) is 12.1 Å². The molecule has 3 rings (SSSR count). The molecule has 2 atom stereocenters. The SMILES string of the molecule is COC(=O)C1C(C)=NC(C)=C(C(=O)OCCN)C1c1cccc2nonc12. The van der Waals surface area contributed by atoms with Crippen LogP contribution in [0, 0.1) is 5.92 Å². The van der Waals surface area contributed by atoms with Crippen molar-refractivity contribution in [3.05, 3.63) is 35.0 Å². The van der Waals surface area contributed by atoms with Gasteiger partial charge in [-0.25, -0.2) is 9.42 Å². The molecule has 0 saturated carbocycles. The van der Waals surface area contributed by atoms with Crippen molar-refractivity contribution in [1.82, 2.24) is 10.3 Å². The predicted molar refractivity (Wildman–Crippen MR) is 95.9 cm³/mol. The molecule has 2 N–H and O–H groups in total. The Hall–Kier alpha value is -3.07. The Balaban J connectivity index is 2.21. The summed E-state index contributed by atoms with van der Waals surface area (Å²) in [7, 11) is 1.29. The molecule has 2 aromatic rings. The van der Waals surface area contributed by atoms with E-state index in [1.54, 1.807) is 32.0 Å². The molecule has 0 saturated heterocycles. The van der Waals surface area contributed by atoms with Crippen LogP contribution in [0.15, 0.2) is 39.1 Å². The summed E-state index contributed by atoms with van der Waals surface area (Å²) in [6.07, 6.45) is 0. The monoisotopic (exact) mass is 372 g/mol. The third-order valence-corrected chi connectivity index (χ3v) is 4.51. The van der Waals surface area contributed by atoms with E-state index in [0.29, 0.717) is 28.0 Å². The Morgan fingerprint density at radius 1 is 1.26 bits per heavy atom. The number of benzene rings is 1. The molecule has 2 heterocycles. The number of aromatic nitrogens is 2. The maximum absolute atomic E-state index is 12.8. The van der Waals surface area contributed by atoms with Crippen LogP contribution in [0.5, 0.6) is 0 Å². The van der Waals surface area contributed by atoms with Gasteiger partial charge >= 0.3 is 11.9 Å². The van der Waals surface area contributed by atoms with Crippen molar-refractivity contribution >= 4 is 28.7 Å². The van der Waals surface area contributed by atoms with Gasteiger partial charge in [0.25, 0.3) is 0 Å². The number of aliphatic imine (C=N–C) groups is 1. The van der Waals surface area contributed by atoms with Crippen LogP contribution in [-0.2, 0) is 19.1 Å². The summed E-state index contributed by atoms with van der Waals surface area (Å²) in [5, 5.41) is 7.79. The molecular formula is C18H20N4O5. The summed E-state index contributed by atoms with van der Waals surface area (Å²) >= 11 is 0. The molecule has 0 aliphatic carbocycles. The summed E-state index contributed by atoms with van der Waals surface area (Å²) < 4.78 is 15.1. The van der Waals surface area contributed by atoms with E-state index in [1.807, 2.05) is 0 Å². The van der Waals surface area contributed by atoms with Crippen LogP contribution in [-0.4, -0.2) is 48.2 Å². The van der Waals surface area contributed by atoms with E-state index in [9.17, 15) is 9.59 Å². The van der Waals surface area contributed by atoms with Crippen LogP contribution in [0.3, 0.4) is 0 Å². The van der Waals surface area contributed by atoms with Crippen LogP contribution >= 0.6 is 0 Å². The molecule has 1 aliphatic heterocycles. The number of hydrogen-bond acceptors (Lipinski definition) is 9. The second kappa shape index (κ2) is 7.67. The Kier molecular flexibility index (Phi) is 5.31. The Labute approximate surface area is 155 Å². The number of rotatable bonds is 5. The molecular weight excluding hydrogens is 352 g/mol. The van der Waals surface area contributed by atoms with Gasteiger partial charge in [0.15, 0.2) is 0 Å². The first-order valence-corrected chi connectivity index (χ1v) is 8.41. The van der Waals surface area contributed by atoms with Crippen LogP contribution in [0.25, 0.3) is 11.0 Å². The molecule has 0 spiro atoms. The van der Waals surface area contributed by atoms with Gasteiger partial charge < -0.3 is 15.2 Å². The maximum atomic E-state index is 12.8. The molecule has 0 radical (unpaired) electrons. The fourth-order valence-electron chi connectivity index (χ4n) is 3.38. The van der Waals surface area contributed by atoms with E-state index < -0.39 is 23.8 Å². The molecule has 2 unspecified atom stereocenters. The van der Waals surface area contributed by atoms with Crippen molar-refractivity contribution in [2.24, 2.45) is 16.6 Å². The standard InChI is InChI=1S/C18H20N4O5/c1-9-13(17(23)25-3)15(11-5-4-6-12-16(11)22-27-21-12)14(10(2)20-9)18(24)26-8-7-19/h4-6,13,15H,7-8,19H2,1-3H3. The third kappa shape index (κ3) is 3.33. The average Bonchev–Trinajstić information content (AvgIpc) is 3.13. The van der Waals surface area contributed by atoms with E-state index in [1.165, 1.54) is 7.11 Å². The van der Waals surface area contributed by atoms with Gasteiger partial charge in [0.1, 0.15) is 23.6 Å². The van der Waals surface area contributed by atoms with Crippen molar-refractivity contribution in [2.45, 2.75) is 19.8 Å². The fourth-order valence-corrected chi connectivity index (χ4v) is 3.38. The van der Waals surface area contributed by atoms with Gasteiger partial charge in [0.2, 0.25) is 0 Å². The summed E-state index contributed by atoms with van der Waals surface area (Å²) in [4.78, 5) is 29.7. The quantitative estimate of drug-likeness (QED) is 0.778. The van der Waals surface area contributed by atoms with Crippen molar-refractivity contribution < 1.29 is 23.7 Å². The van der Waals surface area contributed by atoms with Gasteiger partial charge in [-0.2, -0.15) is 0 Å². The molecule has 9 nitrogen and oxygen atoms in total. The van der Waals surface area contributed by atoms with Crippen molar-refractivity contribution in [2.75, 3.05) is 20.3 Å². The molecule has 0 bridgehead atoms. The van der Waals surface area contributed by atoms with Crippen LogP contribution in [0.4, 0.5) is 0 Å². The minimum absolute atomic E-state index is 0.0592. The lowest BCUT2D eigenvalue weighted by atomic mass is 9.75. The highest BCUT2D eigenvalue weighted by atomic mass is 16.6. The van der Waals surface area contributed by atoms with E-state index in [-0.39, 0.29) is 18.7 Å². The summed E-state index contributed by atoms with van der Waals surface area (Å²) in [5.41, 5.74) is 8.29. The van der Waals surface area contributed by atoms with Gasteiger partial charge in [-0.15, -0.1) is 0 Å². The first-order chi connectivity index (χ1) is 13.0. The highest BCUT2D eigenvalue weighted by Gasteiger charge is 2.43. The molecule has 1 aromatic carbocycles. The molecule has 0 fully saturated rings. The zero-order valence-electron chi connectivity index (χ0n) is 15.3. The van der Waals surface area contributed by atoms with Crippen molar-refractivity contribution in [1.29, 1.82) is 0 Å². The second-order valence-corrected chi connectivity index (χ2v) is 6.13. The summed E-state index contributed by atoms with van der Waals surface area (Å²) in [6, 6.07) is 5.26. The fraction of sp³-hybridized carbons (Fsp3) is 0.389. The average molecular weight is 372 g/mol. The molecule has 0 amide bonds. The van der Waals surface area contributed by atoms with Crippen LogP contribution < -0.4 is 5.73 Å². The number of fused-ring (bicyclic) bond motifs is 1. The Bertz CT molecular complexity index is 946. The number of carbonyl (C=O) groups excluding carboxylic acids is 2. The first-order valence-electron chi connectivity index (χ1n) is 8.41. The number of nitrogens with two attached hydrogens (primary N) is 1. The molecule has 142 valence electrons. The zero-order valence-corrected chi connectivity index (χ0v) is 15.3. The number of methoxy groups -OCH3 is 1. The van der Waals surface area contributed by atoms with Crippen molar-refractivity contribution in [3.8, 4) is 0 Å². The highest BCUT2D eigenvalue weighted by Crippen LogP contribution is 2.41. The van der Waals surface area contributed by atoms with Gasteiger partial charge in [-0.3, -0.25) is 9.79 Å². The first kappa shape index (κ1) is 18.7. The zero-order chi connectivity index (χ0) is 19.6. The lowest BCUT2D eigenvalue weighted by molar-refractivity contribution is -0.144. The highest BCUT2D eigenvalue weighted by molar-refractivity contribution is 6.07. The minimum atomic E-state index is -0.804. The second-order valence-electron chi connectivity index (χ2n) is 6.13. The van der Waals surface area contributed by atoms with E-state index in [0.717, 1.165) is 0 Å². The number of allylic oxidation sites excluding steroid dienone is 1. The van der Waals surface area contributed by atoms with Gasteiger partial charge in [0.05, 0.1) is 12.7 Å². The number of carbonyl (C=O) groups is 2. The molecule has 1 aliphatic rings. The van der Waals surface area contributed by atoms with E-state index in [4.69, 9.17) is 19.8 Å². The van der Waals surface area contributed by atoms with Crippen molar-refractivity contribution in [3.63, 3.8) is 0 Å². The topological polar surface area (TPSA) is 130 Å². The summed E-state index contributed by atoms with van der Waals surface area (Å²) in [6.45, 7) is 3.67. The normalized spacial score (nSPS) is 19.8. The number of nitrogens with zero attached hydrogens (tertiary/aromatic N) is 3. The largest absolute Gasteiger partial charge is 0.468 e. The van der Waals surface area contributed by atoms with Crippen LogP contribution in [0.2, 0.25) is 0 Å². The predicted octanol–water partition coefficient (Wildman–Crippen LogP) is 1.35. The van der Waals surface area contributed by atoms with Crippen LogP contribution in [0.1, 0.15) is 25.3 Å². The smallest absolute Gasteiger partial charge is 0.336 e. The Morgan fingerprint density at radius 3 is 2.74 bits per heavy atom. The molecule has 1 aromatic heterocycles. The minimum Gasteiger partial charge on any atom is -0.468 e. The summed E-state index contributed by atoms with van der Waals surface area (Å²) in [5.74, 6) is -2.59. The molecule has 27 heavy (non-hydrogen) atoms. The maximum Gasteiger partial charge on any atom is 0.336 e. The number of esters is 2. The third-order valence-electron chi connectivity index (χ3n) is 4.51. The molecule has 9 heteroatoms. The number of ether oxygens (including phenoxy) is 2. The van der Waals surface area contributed by atoms with Gasteiger partial charge in [-0.05, 0) is 35.8 Å². The lowest BCUT2D eigenvalue weighted by Gasteiger charge is -2.31. The number of hydrogen-bond donors (Lipinski definition) is 1. The van der Waals surface area contributed by atoms with E-state index in [2.05, 4.69) is 15.3 Å². The van der Waals surface area contributed by atoms with Gasteiger partial charge in [0, 0.05) is 23.9 Å². The Morgan fingerprint density at radius 2 is 2.04 bits per heavy atom.